The fraction of sp³-hybridized carbons (Fsp3) is 1.00. The van der Waals surface area contributed by atoms with Gasteiger partial charge in [-0.3, -0.25) is 0 Å². The van der Waals surface area contributed by atoms with Crippen molar-refractivity contribution in [2.45, 2.75) is 57.2 Å². The van der Waals surface area contributed by atoms with Crippen LogP contribution in [-0.4, -0.2) is 55.9 Å². The summed E-state index contributed by atoms with van der Waals surface area (Å²) in [7, 11) is -3.38. The Hall–Kier alpha value is 0.180. The molecule has 1 unspecified atom stereocenters. The molecule has 1 fully saturated rings. The Morgan fingerprint density at radius 3 is 2.67 bits per heavy atom. The molecule has 2 N–H and O–H groups in total. The molecule has 0 bridgehead atoms. The lowest BCUT2D eigenvalue weighted by Crippen LogP contribution is -2.53. The molecule has 0 aromatic rings. The highest BCUT2D eigenvalue weighted by Gasteiger charge is 2.32. The molecule has 0 aliphatic carbocycles. The monoisotopic (exact) mass is 337 g/mol. The van der Waals surface area contributed by atoms with Crippen LogP contribution in [0.25, 0.3) is 0 Å². The van der Waals surface area contributed by atoms with Gasteiger partial charge in [0, 0.05) is 30.4 Å². The van der Waals surface area contributed by atoms with E-state index >= 15 is 0 Å². The van der Waals surface area contributed by atoms with E-state index in [2.05, 4.69) is 30.8 Å². The van der Waals surface area contributed by atoms with Gasteiger partial charge in [0.05, 0.1) is 0 Å². The molecule has 7 heteroatoms. The largest absolute Gasteiger partial charge is 0.315 e. The van der Waals surface area contributed by atoms with Gasteiger partial charge in [-0.1, -0.05) is 13.3 Å². The maximum atomic E-state index is 12.6. The Morgan fingerprint density at radius 1 is 1.33 bits per heavy atom. The number of rotatable bonds is 9. The van der Waals surface area contributed by atoms with Crippen molar-refractivity contribution in [3.05, 3.63) is 0 Å². The van der Waals surface area contributed by atoms with Crippen molar-refractivity contribution in [2.24, 2.45) is 0 Å². The number of thioether (sulfide) groups is 1. The fourth-order valence-electron chi connectivity index (χ4n) is 2.36. The first kappa shape index (κ1) is 19.2. The van der Waals surface area contributed by atoms with Crippen LogP contribution >= 0.6 is 11.8 Å². The molecule has 0 aromatic carbocycles. The summed E-state index contributed by atoms with van der Waals surface area (Å²) < 4.78 is 29.5. The van der Waals surface area contributed by atoms with Crippen molar-refractivity contribution >= 4 is 22.0 Å². The first-order valence-corrected chi connectivity index (χ1v) is 10.5. The van der Waals surface area contributed by atoms with Gasteiger partial charge in [0.25, 0.3) is 10.2 Å². The summed E-state index contributed by atoms with van der Waals surface area (Å²) in [4.78, 5) is 0. The number of piperidine rings is 1. The Morgan fingerprint density at radius 2 is 2.05 bits per heavy atom. The van der Waals surface area contributed by atoms with Gasteiger partial charge in [0.15, 0.2) is 0 Å². The quantitative estimate of drug-likeness (QED) is 0.630. The van der Waals surface area contributed by atoms with E-state index in [1.807, 2.05) is 6.26 Å². The minimum absolute atomic E-state index is 0.0835. The van der Waals surface area contributed by atoms with Crippen LogP contribution in [0, 0.1) is 0 Å². The second kappa shape index (κ2) is 8.72. The number of nitrogens with zero attached hydrogens (tertiary/aromatic N) is 1. The lowest BCUT2D eigenvalue weighted by Gasteiger charge is -2.35. The lowest BCUT2D eigenvalue weighted by molar-refractivity contribution is 0.243. The van der Waals surface area contributed by atoms with Crippen molar-refractivity contribution < 1.29 is 8.42 Å². The van der Waals surface area contributed by atoms with Crippen LogP contribution in [-0.2, 0) is 10.2 Å². The summed E-state index contributed by atoms with van der Waals surface area (Å²) in [6, 6.07) is 0.0835. The molecule has 126 valence electrons. The van der Waals surface area contributed by atoms with Gasteiger partial charge >= 0.3 is 0 Å². The molecule has 0 spiro atoms. The van der Waals surface area contributed by atoms with Crippen LogP contribution in [0.2, 0.25) is 0 Å². The van der Waals surface area contributed by atoms with Crippen LogP contribution in [0.5, 0.6) is 0 Å². The molecule has 0 aromatic heterocycles. The van der Waals surface area contributed by atoms with E-state index in [4.69, 9.17) is 0 Å². The third kappa shape index (κ3) is 6.44. The zero-order valence-corrected chi connectivity index (χ0v) is 15.4. The van der Waals surface area contributed by atoms with Crippen LogP contribution in [0.15, 0.2) is 0 Å². The van der Waals surface area contributed by atoms with Gasteiger partial charge in [-0.05, 0) is 45.9 Å². The summed E-state index contributed by atoms with van der Waals surface area (Å²) in [6.45, 7) is 9.01. The molecule has 5 nitrogen and oxygen atoms in total. The molecule has 0 radical (unpaired) electrons. The minimum Gasteiger partial charge on any atom is -0.315 e. The molecule has 1 saturated heterocycles. The second-order valence-corrected chi connectivity index (χ2v) is 9.48. The van der Waals surface area contributed by atoms with Crippen LogP contribution in [0.1, 0.15) is 46.5 Å². The lowest BCUT2D eigenvalue weighted by atomic mass is 10.1. The van der Waals surface area contributed by atoms with E-state index in [-0.39, 0.29) is 10.8 Å². The molecule has 21 heavy (non-hydrogen) atoms. The Kier molecular flexibility index (Phi) is 7.98. The van der Waals surface area contributed by atoms with Gasteiger partial charge in [0.1, 0.15) is 0 Å². The molecular formula is C14H31N3O2S2. The third-order valence-electron chi connectivity index (χ3n) is 3.92. The molecule has 1 aliphatic rings. The van der Waals surface area contributed by atoms with E-state index < -0.39 is 10.2 Å². The maximum Gasteiger partial charge on any atom is 0.279 e. The van der Waals surface area contributed by atoms with Crippen molar-refractivity contribution in [3.8, 4) is 0 Å². The zero-order valence-electron chi connectivity index (χ0n) is 13.8. The highest BCUT2D eigenvalue weighted by atomic mass is 32.2. The summed E-state index contributed by atoms with van der Waals surface area (Å²) in [5, 5.41) is 3.35. The zero-order chi connectivity index (χ0) is 15.9. The second-order valence-electron chi connectivity index (χ2n) is 6.25. The minimum atomic E-state index is -3.38. The number of hydrogen-bond donors (Lipinski definition) is 2. The van der Waals surface area contributed by atoms with Crippen LogP contribution < -0.4 is 10.0 Å². The third-order valence-corrected chi connectivity index (χ3v) is 6.78. The van der Waals surface area contributed by atoms with Crippen molar-refractivity contribution in [3.63, 3.8) is 0 Å². The molecule has 1 atom stereocenters. The number of nitrogens with one attached hydrogen (secondary N) is 2. The molecule has 1 rings (SSSR count). The van der Waals surface area contributed by atoms with Crippen molar-refractivity contribution in [1.82, 2.24) is 14.3 Å². The van der Waals surface area contributed by atoms with Crippen LogP contribution in [0.4, 0.5) is 0 Å². The summed E-state index contributed by atoms with van der Waals surface area (Å²) >= 11 is 1.67. The Bertz CT molecular complexity index is 399. The topological polar surface area (TPSA) is 61.4 Å². The van der Waals surface area contributed by atoms with E-state index in [0.29, 0.717) is 13.1 Å². The van der Waals surface area contributed by atoms with Gasteiger partial charge in [0.2, 0.25) is 0 Å². The highest BCUT2D eigenvalue weighted by Crippen LogP contribution is 2.22. The van der Waals surface area contributed by atoms with Crippen LogP contribution in [0.3, 0.4) is 0 Å². The average Bonchev–Trinajstić information content (AvgIpc) is 2.46. The van der Waals surface area contributed by atoms with Crippen molar-refractivity contribution in [1.29, 1.82) is 0 Å². The van der Waals surface area contributed by atoms with E-state index in [0.717, 1.165) is 38.8 Å². The molecule has 0 amide bonds. The van der Waals surface area contributed by atoms with E-state index in [1.165, 1.54) is 0 Å². The Balaban J connectivity index is 2.64. The van der Waals surface area contributed by atoms with Gasteiger partial charge in [-0.15, -0.1) is 0 Å². The number of hydrogen-bond acceptors (Lipinski definition) is 4. The Labute approximate surface area is 134 Å². The van der Waals surface area contributed by atoms with E-state index in [1.54, 1.807) is 16.1 Å². The standard InChI is InChI=1S/C14H31N3O2S2/c1-5-9-15-11-13-8-6-7-10-17(13)21(18,19)16-12-14(2,3)20-4/h13,15-16H,5-12H2,1-4H3. The van der Waals surface area contributed by atoms with Gasteiger partial charge in [-0.2, -0.15) is 24.5 Å². The average molecular weight is 338 g/mol. The SMILES string of the molecule is CCCNCC1CCCCN1S(=O)(=O)NCC(C)(C)SC. The highest BCUT2D eigenvalue weighted by molar-refractivity contribution is 8.00. The predicted molar refractivity (Wildman–Crippen MR) is 92.0 cm³/mol. The first-order chi connectivity index (χ1) is 9.82. The summed E-state index contributed by atoms with van der Waals surface area (Å²) in [5.74, 6) is 0. The molecule has 1 aliphatic heterocycles. The normalized spacial score (nSPS) is 21.6. The summed E-state index contributed by atoms with van der Waals surface area (Å²) in [5.41, 5.74) is 0. The smallest absolute Gasteiger partial charge is 0.279 e. The summed E-state index contributed by atoms with van der Waals surface area (Å²) in [6.07, 6.45) is 6.09. The molecular weight excluding hydrogens is 306 g/mol. The molecule has 0 saturated carbocycles. The predicted octanol–water partition coefficient (Wildman–Crippen LogP) is 1.82. The van der Waals surface area contributed by atoms with E-state index in [9.17, 15) is 8.42 Å². The fourth-order valence-corrected chi connectivity index (χ4v) is 4.32. The van der Waals surface area contributed by atoms with Gasteiger partial charge < -0.3 is 5.32 Å². The molecule has 1 heterocycles. The first-order valence-electron chi connectivity index (χ1n) is 7.84. The van der Waals surface area contributed by atoms with Crippen molar-refractivity contribution in [2.75, 3.05) is 32.4 Å². The van der Waals surface area contributed by atoms with Gasteiger partial charge in [-0.25, -0.2) is 4.72 Å². The maximum absolute atomic E-state index is 12.6.